The van der Waals surface area contributed by atoms with Crippen LogP contribution >= 0.6 is 24.0 Å². The highest BCUT2D eigenvalue weighted by Crippen LogP contribution is 2.35. The predicted octanol–water partition coefficient (Wildman–Crippen LogP) is 3.15. The second kappa shape index (κ2) is 11.9. The van der Waals surface area contributed by atoms with Gasteiger partial charge >= 0.3 is 0 Å². The highest BCUT2D eigenvalue weighted by molar-refractivity contribution is 14.0. The zero-order valence-electron chi connectivity index (χ0n) is 18.1. The van der Waals surface area contributed by atoms with Crippen molar-refractivity contribution in [3.8, 4) is 0 Å². The van der Waals surface area contributed by atoms with E-state index < -0.39 is 0 Å². The molecule has 2 fully saturated rings. The maximum Gasteiger partial charge on any atom is 0.192 e. The number of hydrogen-bond donors (Lipinski definition) is 2. The number of rotatable bonds is 7. The molecule has 1 saturated heterocycles. The number of piperidine rings is 1. The number of aliphatic imine (C=N–C) groups is 1. The van der Waals surface area contributed by atoms with Crippen molar-refractivity contribution in [2.24, 2.45) is 12.0 Å². The van der Waals surface area contributed by atoms with Crippen molar-refractivity contribution in [1.29, 1.82) is 0 Å². The third-order valence-corrected chi connectivity index (χ3v) is 6.37. The molecular weight excluding hydrogens is 477 g/mol. The highest BCUT2D eigenvalue weighted by atomic mass is 127. The lowest BCUT2D eigenvalue weighted by molar-refractivity contribution is 0.0368. The lowest BCUT2D eigenvalue weighted by Crippen LogP contribution is -2.59. The van der Waals surface area contributed by atoms with Crippen molar-refractivity contribution in [2.45, 2.75) is 70.4 Å². The third-order valence-electron chi connectivity index (χ3n) is 6.37. The van der Waals surface area contributed by atoms with Crippen molar-refractivity contribution >= 4 is 29.9 Å². The van der Waals surface area contributed by atoms with Crippen LogP contribution < -0.4 is 10.6 Å². The van der Waals surface area contributed by atoms with Gasteiger partial charge in [-0.25, -0.2) is 4.99 Å². The van der Waals surface area contributed by atoms with Gasteiger partial charge in [-0.3, -0.25) is 4.90 Å². The molecule has 0 bridgehead atoms. The molecule has 8 heteroatoms. The van der Waals surface area contributed by atoms with Gasteiger partial charge in [0.2, 0.25) is 0 Å². The van der Waals surface area contributed by atoms with Gasteiger partial charge in [-0.15, -0.1) is 40.8 Å². The molecule has 0 amide bonds. The van der Waals surface area contributed by atoms with Gasteiger partial charge in [-0.2, -0.15) is 0 Å². The summed E-state index contributed by atoms with van der Waals surface area (Å²) < 4.78 is 1.99. The van der Waals surface area contributed by atoms with Crippen LogP contribution in [-0.2, 0) is 13.6 Å². The first-order chi connectivity index (χ1) is 13.6. The van der Waals surface area contributed by atoms with E-state index in [4.69, 9.17) is 4.99 Å². The lowest BCUT2D eigenvalue weighted by atomic mass is 9.79. The van der Waals surface area contributed by atoms with Crippen LogP contribution in [0.4, 0.5) is 0 Å². The number of likely N-dealkylation sites (tertiary alicyclic amines) is 1. The van der Waals surface area contributed by atoms with Gasteiger partial charge in [0.15, 0.2) is 11.8 Å². The Labute approximate surface area is 192 Å². The first-order valence-electron chi connectivity index (χ1n) is 10.9. The Hall–Kier alpha value is -1.16. The molecule has 0 radical (unpaired) electrons. The summed E-state index contributed by atoms with van der Waals surface area (Å²) in [7, 11) is 1.98. The molecule has 1 aliphatic carbocycles. The molecule has 0 aromatic carbocycles. The average molecular weight is 515 g/mol. The molecule has 0 spiro atoms. The number of guanidine groups is 1. The van der Waals surface area contributed by atoms with Gasteiger partial charge in [-0.1, -0.05) is 31.8 Å². The molecule has 1 saturated carbocycles. The minimum absolute atomic E-state index is 0. The predicted molar refractivity (Wildman–Crippen MR) is 130 cm³/mol. The topological polar surface area (TPSA) is 70.4 Å². The van der Waals surface area contributed by atoms with Crippen LogP contribution in [0.1, 0.15) is 63.0 Å². The van der Waals surface area contributed by atoms with Crippen LogP contribution in [0.15, 0.2) is 17.6 Å². The normalized spacial score (nSPS) is 20.0. The summed E-state index contributed by atoms with van der Waals surface area (Å²) in [5, 5.41) is 15.4. The number of halogens is 1. The third kappa shape index (κ3) is 6.41. The van der Waals surface area contributed by atoms with Crippen molar-refractivity contribution < 1.29 is 0 Å². The Morgan fingerprint density at radius 1 is 1.10 bits per heavy atom. The van der Waals surface area contributed by atoms with E-state index in [-0.39, 0.29) is 29.5 Å². The lowest BCUT2D eigenvalue weighted by Gasteiger charge is -2.48. The van der Waals surface area contributed by atoms with Crippen LogP contribution in [-0.4, -0.2) is 57.3 Å². The van der Waals surface area contributed by atoms with Crippen LogP contribution in [0.3, 0.4) is 0 Å². The van der Waals surface area contributed by atoms with Gasteiger partial charge in [-0.05, 0) is 45.7 Å². The molecule has 1 aliphatic heterocycles. The minimum Gasteiger partial charge on any atom is -0.355 e. The Balaban J connectivity index is 0.00000300. The van der Waals surface area contributed by atoms with Crippen molar-refractivity contribution in [1.82, 2.24) is 30.3 Å². The van der Waals surface area contributed by atoms with Crippen LogP contribution in [0.5, 0.6) is 0 Å². The van der Waals surface area contributed by atoms with Gasteiger partial charge < -0.3 is 15.2 Å². The van der Waals surface area contributed by atoms with Crippen molar-refractivity contribution in [2.75, 3.05) is 26.2 Å². The molecule has 0 unspecified atom stereocenters. The molecular formula is C21H38IN7. The summed E-state index contributed by atoms with van der Waals surface area (Å²) in [6.45, 7) is 10.4. The summed E-state index contributed by atoms with van der Waals surface area (Å²) in [5.74, 6) is 2.62. The maximum absolute atomic E-state index is 4.77. The fourth-order valence-corrected chi connectivity index (χ4v) is 4.51. The zero-order valence-corrected chi connectivity index (χ0v) is 20.5. The molecule has 2 heterocycles. The molecule has 164 valence electrons. The summed E-state index contributed by atoms with van der Waals surface area (Å²) in [6, 6.07) is 0. The number of aromatic nitrogens is 3. The number of aryl methyl sites for hydroxylation is 1. The van der Waals surface area contributed by atoms with Crippen LogP contribution in [0, 0.1) is 6.92 Å². The van der Waals surface area contributed by atoms with E-state index >= 15 is 0 Å². The number of hydrogen-bond acceptors (Lipinski definition) is 4. The van der Waals surface area contributed by atoms with Crippen molar-refractivity contribution in [3.63, 3.8) is 0 Å². The second-order valence-corrected chi connectivity index (χ2v) is 8.24. The largest absolute Gasteiger partial charge is 0.355 e. The first kappa shape index (κ1) is 24.1. The number of nitrogens with zero attached hydrogens (tertiary/aromatic N) is 5. The molecule has 0 atom stereocenters. The summed E-state index contributed by atoms with van der Waals surface area (Å²) in [4.78, 5) is 7.53. The molecule has 29 heavy (non-hydrogen) atoms. The Morgan fingerprint density at radius 3 is 2.41 bits per heavy atom. The summed E-state index contributed by atoms with van der Waals surface area (Å²) in [6.07, 6.45) is 12.5. The minimum atomic E-state index is 0. The molecule has 7 nitrogen and oxygen atoms in total. The summed E-state index contributed by atoms with van der Waals surface area (Å²) >= 11 is 0. The molecule has 2 aliphatic rings. The quantitative estimate of drug-likeness (QED) is 0.253. The van der Waals surface area contributed by atoms with E-state index in [9.17, 15) is 0 Å². The van der Waals surface area contributed by atoms with E-state index in [0.29, 0.717) is 13.1 Å². The van der Waals surface area contributed by atoms with E-state index in [2.05, 4.69) is 32.3 Å². The standard InChI is InChI=1S/C21H37N7.HI/c1-4-13-22-20(23-16-19-26-25-18(2)27(19)3)24-17-21(11-7-5-8-12-21)28-14-9-6-10-15-28;/h4H,1,5-17H2,2-3H3,(H2,22,23,24);1H. The second-order valence-electron chi connectivity index (χ2n) is 8.24. The average Bonchev–Trinajstić information content (AvgIpc) is 3.06. The molecule has 3 rings (SSSR count). The smallest absolute Gasteiger partial charge is 0.192 e. The zero-order chi connectivity index (χ0) is 19.8. The summed E-state index contributed by atoms with van der Waals surface area (Å²) in [5.41, 5.74) is 0.274. The Morgan fingerprint density at radius 2 is 1.79 bits per heavy atom. The molecule has 1 aromatic rings. The van der Waals surface area contributed by atoms with Gasteiger partial charge in [0, 0.05) is 25.7 Å². The Kier molecular flexibility index (Phi) is 9.88. The van der Waals surface area contributed by atoms with E-state index in [0.717, 1.165) is 24.2 Å². The highest BCUT2D eigenvalue weighted by Gasteiger charge is 2.38. The fourth-order valence-electron chi connectivity index (χ4n) is 4.51. The van der Waals surface area contributed by atoms with Crippen LogP contribution in [0.2, 0.25) is 0 Å². The van der Waals surface area contributed by atoms with E-state index in [1.165, 1.54) is 64.5 Å². The number of nitrogens with one attached hydrogen (secondary N) is 2. The van der Waals surface area contributed by atoms with Crippen LogP contribution in [0.25, 0.3) is 0 Å². The molecule has 1 aromatic heterocycles. The Bertz CT molecular complexity index is 658. The van der Waals surface area contributed by atoms with E-state index in [1.807, 2.05) is 24.6 Å². The fraction of sp³-hybridized carbons (Fsp3) is 0.762. The maximum atomic E-state index is 4.77. The molecule has 2 N–H and O–H groups in total. The monoisotopic (exact) mass is 515 g/mol. The van der Waals surface area contributed by atoms with Gasteiger partial charge in [0.1, 0.15) is 12.4 Å². The SMILES string of the molecule is C=CCNC(=NCc1nnc(C)n1C)NCC1(N2CCCCC2)CCCCC1.I. The van der Waals surface area contributed by atoms with Crippen molar-refractivity contribution in [3.05, 3.63) is 24.3 Å². The van der Waals surface area contributed by atoms with Gasteiger partial charge in [0.05, 0.1) is 0 Å². The first-order valence-corrected chi connectivity index (χ1v) is 10.9. The van der Waals surface area contributed by atoms with Gasteiger partial charge in [0.25, 0.3) is 0 Å². The van der Waals surface area contributed by atoms with E-state index in [1.54, 1.807) is 0 Å².